The monoisotopic (exact) mass is 443 g/mol. The molecule has 1 aromatic heterocycles. The van der Waals surface area contributed by atoms with Crippen molar-refractivity contribution in [2.75, 3.05) is 11.1 Å². The van der Waals surface area contributed by atoms with Crippen LogP contribution < -0.4 is 10.6 Å². The second-order valence-corrected chi connectivity index (χ2v) is 8.14. The van der Waals surface area contributed by atoms with E-state index in [-0.39, 0.29) is 23.6 Å². The van der Waals surface area contributed by atoms with E-state index in [1.807, 2.05) is 39.1 Å². The molecule has 3 rings (SSSR count). The number of carbonyl (C=O) groups excluding carboxylic acids is 2. The lowest BCUT2D eigenvalue weighted by atomic mass is 10.1. The highest BCUT2D eigenvalue weighted by atomic mass is 35.5. The zero-order valence-corrected chi connectivity index (χ0v) is 18.4. The van der Waals surface area contributed by atoms with Crippen LogP contribution in [0.15, 0.2) is 53.7 Å². The summed E-state index contributed by atoms with van der Waals surface area (Å²) in [6.07, 6.45) is 0. The molecule has 0 aliphatic rings. The first-order valence-corrected chi connectivity index (χ1v) is 10.7. The number of carbonyl (C=O) groups is 2. The Morgan fingerprint density at radius 2 is 1.93 bits per heavy atom. The van der Waals surface area contributed by atoms with E-state index in [0.29, 0.717) is 27.3 Å². The van der Waals surface area contributed by atoms with Gasteiger partial charge in [-0.1, -0.05) is 47.6 Å². The van der Waals surface area contributed by atoms with Crippen LogP contribution in [0, 0.1) is 6.92 Å². The molecular weight excluding hydrogens is 422 g/mol. The Balaban J connectivity index is 1.59. The van der Waals surface area contributed by atoms with E-state index >= 15 is 0 Å². The Morgan fingerprint density at radius 3 is 2.67 bits per heavy atom. The number of rotatable bonds is 7. The van der Waals surface area contributed by atoms with Crippen molar-refractivity contribution in [1.82, 2.24) is 20.1 Å². The van der Waals surface area contributed by atoms with Gasteiger partial charge in [0.05, 0.1) is 11.8 Å². The predicted octanol–water partition coefficient (Wildman–Crippen LogP) is 4.00. The van der Waals surface area contributed by atoms with E-state index in [9.17, 15) is 9.59 Å². The third-order valence-electron chi connectivity index (χ3n) is 4.43. The molecule has 0 fully saturated rings. The van der Waals surface area contributed by atoms with Crippen molar-refractivity contribution in [3.8, 4) is 0 Å². The smallest absolute Gasteiger partial charge is 0.252 e. The molecule has 0 aliphatic carbocycles. The zero-order chi connectivity index (χ0) is 21.7. The van der Waals surface area contributed by atoms with Gasteiger partial charge in [0.15, 0.2) is 11.0 Å². The highest BCUT2D eigenvalue weighted by Crippen LogP contribution is 2.21. The molecule has 0 spiro atoms. The summed E-state index contributed by atoms with van der Waals surface area (Å²) >= 11 is 7.20. The first kappa shape index (κ1) is 21.9. The molecule has 1 heterocycles. The van der Waals surface area contributed by atoms with Crippen LogP contribution in [0.2, 0.25) is 5.02 Å². The van der Waals surface area contributed by atoms with Gasteiger partial charge in [0.25, 0.3) is 5.91 Å². The van der Waals surface area contributed by atoms with Crippen LogP contribution in [-0.2, 0) is 11.8 Å². The van der Waals surface area contributed by atoms with E-state index in [2.05, 4.69) is 20.8 Å². The number of nitrogens with zero attached hydrogens (tertiary/aromatic N) is 3. The van der Waals surface area contributed by atoms with Crippen molar-refractivity contribution < 1.29 is 9.59 Å². The van der Waals surface area contributed by atoms with Gasteiger partial charge in [-0.2, -0.15) is 0 Å². The summed E-state index contributed by atoms with van der Waals surface area (Å²) in [5.41, 5.74) is 2.17. The maximum Gasteiger partial charge on any atom is 0.252 e. The summed E-state index contributed by atoms with van der Waals surface area (Å²) in [6, 6.07) is 14.0. The van der Waals surface area contributed by atoms with Crippen LogP contribution in [0.3, 0.4) is 0 Å². The zero-order valence-electron chi connectivity index (χ0n) is 16.8. The summed E-state index contributed by atoms with van der Waals surface area (Å²) in [4.78, 5) is 24.7. The van der Waals surface area contributed by atoms with Crippen molar-refractivity contribution in [3.63, 3.8) is 0 Å². The van der Waals surface area contributed by atoms with Gasteiger partial charge < -0.3 is 15.2 Å². The molecule has 1 atom stereocenters. The lowest BCUT2D eigenvalue weighted by Gasteiger charge is -2.14. The van der Waals surface area contributed by atoms with Crippen LogP contribution in [-0.4, -0.2) is 32.3 Å². The van der Waals surface area contributed by atoms with E-state index in [4.69, 9.17) is 11.6 Å². The normalized spacial score (nSPS) is 11.7. The summed E-state index contributed by atoms with van der Waals surface area (Å²) in [7, 11) is 1.81. The number of thioether (sulfide) groups is 1. The third kappa shape index (κ3) is 5.40. The molecule has 30 heavy (non-hydrogen) atoms. The first-order chi connectivity index (χ1) is 14.3. The standard InChI is InChI=1S/C21H22ClN5O2S/c1-13-7-4-5-10-17(13)20(29)23-14(2)19-25-26-21(27(19)3)30-12-18(28)24-16-9-6-8-15(22)11-16/h4-11,14H,12H2,1-3H3,(H,23,29)(H,24,28)/t14-/m1/s1. The van der Waals surface area contributed by atoms with Gasteiger partial charge in [0.1, 0.15) is 0 Å². The fourth-order valence-electron chi connectivity index (χ4n) is 2.89. The largest absolute Gasteiger partial charge is 0.342 e. The molecule has 156 valence electrons. The average molecular weight is 444 g/mol. The van der Waals surface area contributed by atoms with Crippen molar-refractivity contribution in [2.45, 2.75) is 25.0 Å². The molecule has 0 saturated carbocycles. The van der Waals surface area contributed by atoms with Gasteiger partial charge in [-0.25, -0.2) is 0 Å². The number of nitrogens with one attached hydrogen (secondary N) is 2. The number of aromatic nitrogens is 3. The van der Waals surface area contributed by atoms with Gasteiger partial charge in [-0.05, 0) is 43.7 Å². The molecule has 7 nitrogen and oxygen atoms in total. The minimum Gasteiger partial charge on any atom is -0.342 e. The Morgan fingerprint density at radius 1 is 1.17 bits per heavy atom. The Kier molecular flexibility index (Phi) is 7.12. The summed E-state index contributed by atoms with van der Waals surface area (Å²) in [5.74, 6) is 0.434. The predicted molar refractivity (Wildman–Crippen MR) is 119 cm³/mol. The Hall–Kier alpha value is -2.84. The molecule has 9 heteroatoms. The van der Waals surface area contributed by atoms with Crippen LogP contribution in [0.5, 0.6) is 0 Å². The lowest BCUT2D eigenvalue weighted by molar-refractivity contribution is -0.113. The van der Waals surface area contributed by atoms with E-state index in [1.165, 1.54) is 11.8 Å². The van der Waals surface area contributed by atoms with Crippen LogP contribution in [0.1, 0.15) is 34.7 Å². The number of hydrogen-bond donors (Lipinski definition) is 2. The number of hydrogen-bond acceptors (Lipinski definition) is 5. The molecule has 2 N–H and O–H groups in total. The number of benzene rings is 2. The maximum absolute atomic E-state index is 12.5. The highest BCUT2D eigenvalue weighted by molar-refractivity contribution is 7.99. The fourth-order valence-corrected chi connectivity index (χ4v) is 3.80. The van der Waals surface area contributed by atoms with Gasteiger partial charge in [-0.15, -0.1) is 10.2 Å². The molecule has 2 amide bonds. The van der Waals surface area contributed by atoms with Crippen LogP contribution >= 0.6 is 23.4 Å². The SMILES string of the molecule is Cc1ccccc1C(=O)N[C@H](C)c1nnc(SCC(=O)Nc2cccc(Cl)c2)n1C. The third-order valence-corrected chi connectivity index (χ3v) is 5.69. The van der Waals surface area contributed by atoms with Crippen LogP contribution in [0.25, 0.3) is 0 Å². The molecule has 0 aliphatic heterocycles. The molecule has 2 aromatic carbocycles. The van der Waals surface area contributed by atoms with Crippen molar-refractivity contribution >= 4 is 40.9 Å². The molecule has 0 unspecified atom stereocenters. The lowest BCUT2D eigenvalue weighted by Crippen LogP contribution is -2.29. The summed E-state index contributed by atoms with van der Waals surface area (Å²) in [5, 5.41) is 15.2. The van der Waals surface area contributed by atoms with E-state index < -0.39 is 0 Å². The summed E-state index contributed by atoms with van der Waals surface area (Å²) in [6.45, 7) is 3.74. The molecule has 0 radical (unpaired) electrons. The molecule has 3 aromatic rings. The van der Waals surface area contributed by atoms with Crippen molar-refractivity contribution in [2.24, 2.45) is 7.05 Å². The van der Waals surface area contributed by atoms with Gasteiger partial charge in [0.2, 0.25) is 5.91 Å². The quantitative estimate of drug-likeness (QED) is 0.539. The minimum atomic E-state index is -0.343. The van der Waals surface area contributed by atoms with Crippen molar-refractivity contribution in [1.29, 1.82) is 0 Å². The number of amides is 2. The number of anilines is 1. The van der Waals surface area contributed by atoms with E-state index in [0.717, 1.165) is 5.56 Å². The highest BCUT2D eigenvalue weighted by Gasteiger charge is 2.19. The second-order valence-electron chi connectivity index (χ2n) is 6.76. The molecule has 0 saturated heterocycles. The van der Waals surface area contributed by atoms with Gasteiger partial charge >= 0.3 is 0 Å². The van der Waals surface area contributed by atoms with E-state index in [1.54, 1.807) is 34.9 Å². The fraction of sp³-hybridized carbons (Fsp3) is 0.238. The second kappa shape index (κ2) is 9.77. The van der Waals surface area contributed by atoms with Crippen LogP contribution in [0.4, 0.5) is 5.69 Å². The Labute approximate surface area is 184 Å². The number of halogens is 1. The summed E-state index contributed by atoms with van der Waals surface area (Å²) < 4.78 is 1.78. The Bertz CT molecular complexity index is 1070. The van der Waals surface area contributed by atoms with Gasteiger partial charge in [-0.3, -0.25) is 9.59 Å². The first-order valence-electron chi connectivity index (χ1n) is 9.29. The minimum absolute atomic E-state index is 0.168. The molecule has 0 bridgehead atoms. The van der Waals surface area contributed by atoms with Gasteiger partial charge in [0, 0.05) is 23.3 Å². The topological polar surface area (TPSA) is 88.9 Å². The molecular formula is C21H22ClN5O2S. The maximum atomic E-state index is 12.5. The average Bonchev–Trinajstić information content (AvgIpc) is 3.07. The number of aryl methyl sites for hydroxylation is 1. The van der Waals surface area contributed by atoms with Crippen molar-refractivity contribution in [3.05, 3.63) is 70.5 Å².